The van der Waals surface area contributed by atoms with Crippen LogP contribution in [0, 0.1) is 6.92 Å². The van der Waals surface area contributed by atoms with E-state index in [4.69, 9.17) is 16.1 Å². The smallest absolute Gasteiger partial charge is 0.257 e. The number of aromatic nitrogens is 1. The number of likely N-dealkylation sites (tertiary alicyclic amines) is 1. The Bertz CT molecular complexity index is 979. The van der Waals surface area contributed by atoms with Gasteiger partial charge in [-0.05, 0) is 31.4 Å². The molecule has 1 saturated heterocycles. The molecule has 1 aromatic heterocycles. The molecule has 1 aliphatic rings. The fraction of sp³-hybridized carbons (Fsp3) is 0.304. The summed E-state index contributed by atoms with van der Waals surface area (Å²) < 4.78 is 5.32. The van der Waals surface area contributed by atoms with Gasteiger partial charge in [-0.2, -0.15) is 0 Å². The average molecular weight is 410 g/mol. The lowest BCUT2D eigenvalue weighted by Crippen LogP contribution is -2.44. The number of halogens is 1. The van der Waals surface area contributed by atoms with Crippen molar-refractivity contribution in [2.45, 2.75) is 32.4 Å². The fourth-order valence-corrected chi connectivity index (χ4v) is 4.04. The third-order valence-electron chi connectivity index (χ3n) is 5.39. The third-order valence-corrected chi connectivity index (χ3v) is 5.72. The Labute approximate surface area is 175 Å². The van der Waals surface area contributed by atoms with E-state index in [1.54, 1.807) is 13.0 Å². The van der Waals surface area contributed by atoms with Gasteiger partial charge in [0.1, 0.15) is 17.0 Å². The number of piperidine rings is 1. The zero-order valence-electron chi connectivity index (χ0n) is 16.4. The molecule has 0 bridgehead atoms. The highest BCUT2D eigenvalue weighted by Crippen LogP contribution is 2.31. The molecule has 1 amide bonds. The Hall–Kier alpha value is -2.63. The molecule has 0 radical (unpaired) electrons. The van der Waals surface area contributed by atoms with Crippen LogP contribution in [0.2, 0.25) is 5.02 Å². The molecule has 1 aliphatic heterocycles. The van der Waals surface area contributed by atoms with E-state index in [0.29, 0.717) is 27.6 Å². The van der Waals surface area contributed by atoms with Crippen LogP contribution in [-0.2, 0) is 6.54 Å². The number of benzene rings is 2. The van der Waals surface area contributed by atoms with Crippen LogP contribution in [0.25, 0.3) is 11.3 Å². The number of hydrogen-bond acceptors (Lipinski definition) is 4. The molecule has 1 N–H and O–H groups in total. The van der Waals surface area contributed by atoms with Gasteiger partial charge in [0.2, 0.25) is 0 Å². The topological polar surface area (TPSA) is 58.4 Å². The molecule has 4 rings (SSSR count). The highest BCUT2D eigenvalue weighted by Gasteiger charge is 2.26. The van der Waals surface area contributed by atoms with Crippen molar-refractivity contribution in [3.8, 4) is 11.3 Å². The standard InChI is InChI=1S/C23H24ClN3O2/c1-16-21(22(26-29-16)19-9-5-6-10-20(19)24)23(28)25-18-11-13-27(14-12-18)15-17-7-3-2-4-8-17/h2-10,18H,11-15H2,1H3,(H,25,28). The van der Waals surface area contributed by atoms with Crippen molar-refractivity contribution >= 4 is 17.5 Å². The lowest BCUT2D eigenvalue weighted by molar-refractivity contribution is 0.0908. The van der Waals surface area contributed by atoms with Crippen molar-refractivity contribution in [1.82, 2.24) is 15.4 Å². The second-order valence-corrected chi connectivity index (χ2v) is 7.86. The number of amides is 1. The van der Waals surface area contributed by atoms with Gasteiger partial charge in [-0.15, -0.1) is 0 Å². The number of rotatable bonds is 5. The normalized spacial score (nSPS) is 15.4. The summed E-state index contributed by atoms with van der Waals surface area (Å²) in [5.41, 5.74) is 2.98. The summed E-state index contributed by atoms with van der Waals surface area (Å²) in [6.07, 6.45) is 1.84. The SMILES string of the molecule is Cc1onc(-c2ccccc2Cl)c1C(=O)NC1CCN(Cc2ccccc2)CC1. The average Bonchev–Trinajstić information content (AvgIpc) is 3.12. The van der Waals surface area contributed by atoms with E-state index >= 15 is 0 Å². The minimum absolute atomic E-state index is 0.142. The van der Waals surface area contributed by atoms with Crippen LogP contribution in [0.4, 0.5) is 0 Å². The summed E-state index contributed by atoms with van der Waals surface area (Å²) in [6, 6.07) is 18.0. The van der Waals surface area contributed by atoms with Gasteiger partial charge in [-0.25, -0.2) is 0 Å². The van der Waals surface area contributed by atoms with Crippen LogP contribution in [-0.4, -0.2) is 35.1 Å². The number of carbonyl (C=O) groups excluding carboxylic acids is 1. The Morgan fingerprint density at radius 2 is 1.83 bits per heavy atom. The zero-order valence-corrected chi connectivity index (χ0v) is 17.2. The van der Waals surface area contributed by atoms with Crippen LogP contribution in [0.15, 0.2) is 59.1 Å². The molecular formula is C23H24ClN3O2. The Balaban J connectivity index is 1.40. The Morgan fingerprint density at radius 1 is 1.14 bits per heavy atom. The molecule has 5 nitrogen and oxygen atoms in total. The lowest BCUT2D eigenvalue weighted by atomic mass is 10.0. The predicted octanol–water partition coefficient (Wildman–Crippen LogP) is 4.70. The minimum atomic E-state index is -0.153. The summed E-state index contributed by atoms with van der Waals surface area (Å²) in [5.74, 6) is 0.346. The first-order chi connectivity index (χ1) is 14.1. The molecule has 1 fully saturated rings. The number of aryl methyl sites for hydroxylation is 1. The van der Waals surface area contributed by atoms with Crippen LogP contribution in [0.5, 0.6) is 0 Å². The molecule has 29 heavy (non-hydrogen) atoms. The number of nitrogens with one attached hydrogen (secondary N) is 1. The van der Waals surface area contributed by atoms with Crippen molar-refractivity contribution in [1.29, 1.82) is 0 Å². The van der Waals surface area contributed by atoms with Crippen LogP contribution in [0.3, 0.4) is 0 Å². The molecule has 0 unspecified atom stereocenters. The van der Waals surface area contributed by atoms with E-state index in [1.165, 1.54) is 5.56 Å². The monoisotopic (exact) mass is 409 g/mol. The van der Waals surface area contributed by atoms with Gasteiger partial charge in [0, 0.05) is 31.2 Å². The molecule has 0 aliphatic carbocycles. The molecular weight excluding hydrogens is 386 g/mol. The largest absolute Gasteiger partial charge is 0.360 e. The second kappa shape index (κ2) is 8.80. The first kappa shape index (κ1) is 19.7. The zero-order chi connectivity index (χ0) is 20.2. The second-order valence-electron chi connectivity index (χ2n) is 7.45. The number of carbonyl (C=O) groups is 1. The van der Waals surface area contributed by atoms with Crippen LogP contribution in [0.1, 0.15) is 34.5 Å². The first-order valence-corrected chi connectivity index (χ1v) is 10.3. The summed E-state index contributed by atoms with van der Waals surface area (Å²) in [5, 5.41) is 7.80. The van der Waals surface area contributed by atoms with Gasteiger partial charge in [0.15, 0.2) is 0 Å². The van der Waals surface area contributed by atoms with Crippen molar-refractivity contribution in [2.24, 2.45) is 0 Å². The number of nitrogens with zero attached hydrogens (tertiary/aromatic N) is 2. The van der Waals surface area contributed by atoms with E-state index in [9.17, 15) is 4.79 Å². The van der Waals surface area contributed by atoms with Gasteiger partial charge in [0.25, 0.3) is 5.91 Å². The fourth-order valence-electron chi connectivity index (χ4n) is 3.81. The van der Waals surface area contributed by atoms with Crippen molar-refractivity contribution in [3.05, 3.63) is 76.5 Å². The first-order valence-electron chi connectivity index (χ1n) is 9.90. The molecule has 6 heteroatoms. The molecule has 150 valence electrons. The van der Waals surface area contributed by atoms with Crippen molar-refractivity contribution < 1.29 is 9.32 Å². The van der Waals surface area contributed by atoms with Crippen molar-refractivity contribution in [2.75, 3.05) is 13.1 Å². The van der Waals surface area contributed by atoms with E-state index in [1.807, 2.05) is 24.3 Å². The Kier molecular flexibility index (Phi) is 5.97. The molecule has 0 saturated carbocycles. The maximum absolute atomic E-state index is 13.0. The maximum Gasteiger partial charge on any atom is 0.257 e. The molecule has 0 atom stereocenters. The van der Waals surface area contributed by atoms with Gasteiger partial charge in [-0.3, -0.25) is 9.69 Å². The summed E-state index contributed by atoms with van der Waals surface area (Å²) in [4.78, 5) is 15.4. The maximum atomic E-state index is 13.0. The van der Waals surface area contributed by atoms with E-state index in [2.05, 4.69) is 39.6 Å². The molecule has 2 aromatic carbocycles. The predicted molar refractivity (Wildman–Crippen MR) is 114 cm³/mol. The summed E-state index contributed by atoms with van der Waals surface area (Å²) in [7, 11) is 0. The summed E-state index contributed by atoms with van der Waals surface area (Å²) in [6.45, 7) is 4.62. The number of hydrogen-bond donors (Lipinski definition) is 1. The van der Waals surface area contributed by atoms with Gasteiger partial charge in [-0.1, -0.05) is 65.3 Å². The van der Waals surface area contributed by atoms with E-state index < -0.39 is 0 Å². The molecule has 0 spiro atoms. The van der Waals surface area contributed by atoms with Gasteiger partial charge >= 0.3 is 0 Å². The van der Waals surface area contributed by atoms with Crippen molar-refractivity contribution in [3.63, 3.8) is 0 Å². The highest BCUT2D eigenvalue weighted by molar-refractivity contribution is 6.33. The Morgan fingerprint density at radius 3 is 2.55 bits per heavy atom. The quantitative estimate of drug-likeness (QED) is 0.663. The van der Waals surface area contributed by atoms with Crippen LogP contribution < -0.4 is 5.32 Å². The molecule has 3 aromatic rings. The van der Waals surface area contributed by atoms with E-state index in [-0.39, 0.29) is 11.9 Å². The summed E-state index contributed by atoms with van der Waals surface area (Å²) >= 11 is 6.30. The lowest BCUT2D eigenvalue weighted by Gasteiger charge is -2.32. The van der Waals surface area contributed by atoms with Crippen LogP contribution >= 0.6 is 11.6 Å². The highest BCUT2D eigenvalue weighted by atomic mass is 35.5. The van der Waals surface area contributed by atoms with Gasteiger partial charge in [0.05, 0.1) is 5.02 Å². The molecule has 2 heterocycles. The minimum Gasteiger partial charge on any atom is -0.360 e. The third kappa shape index (κ3) is 4.52. The van der Waals surface area contributed by atoms with Gasteiger partial charge < -0.3 is 9.84 Å². The van der Waals surface area contributed by atoms with E-state index in [0.717, 1.165) is 32.5 Å².